The number of para-hydroxylation sites is 1. The highest BCUT2D eigenvalue weighted by molar-refractivity contribution is 5.75. The standard InChI is InChI=1S/C16H23NO3/c18-16(17-13-15-9-4-5-11-20-15)10-6-12-19-14-7-2-1-3-8-14/h1-3,7-8,15H,4-6,9-13H2,(H,17,18). The number of amides is 1. The molecule has 1 aromatic rings. The van der Waals surface area contributed by atoms with Crippen LogP contribution in [0.4, 0.5) is 0 Å². The van der Waals surface area contributed by atoms with Crippen LogP contribution >= 0.6 is 0 Å². The molecule has 110 valence electrons. The van der Waals surface area contributed by atoms with Crippen LogP contribution in [0, 0.1) is 0 Å². The van der Waals surface area contributed by atoms with Gasteiger partial charge in [0.2, 0.25) is 5.91 Å². The lowest BCUT2D eigenvalue weighted by molar-refractivity contribution is -0.122. The van der Waals surface area contributed by atoms with Crippen molar-refractivity contribution in [1.29, 1.82) is 0 Å². The fourth-order valence-corrected chi connectivity index (χ4v) is 2.22. The summed E-state index contributed by atoms with van der Waals surface area (Å²) in [7, 11) is 0. The van der Waals surface area contributed by atoms with Gasteiger partial charge in [0.15, 0.2) is 0 Å². The first-order valence-electron chi connectivity index (χ1n) is 7.41. The Morgan fingerprint density at radius 2 is 2.15 bits per heavy atom. The van der Waals surface area contributed by atoms with Gasteiger partial charge in [-0.15, -0.1) is 0 Å². The second-order valence-electron chi connectivity index (χ2n) is 5.06. The van der Waals surface area contributed by atoms with E-state index in [0.717, 1.165) is 31.6 Å². The number of hydrogen-bond acceptors (Lipinski definition) is 3. The number of carbonyl (C=O) groups excluding carboxylic acids is 1. The van der Waals surface area contributed by atoms with E-state index in [-0.39, 0.29) is 12.0 Å². The molecule has 0 bridgehead atoms. The third kappa shape index (κ3) is 5.61. The van der Waals surface area contributed by atoms with Gasteiger partial charge < -0.3 is 14.8 Å². The molecule has 0 spiro atoms. The van der Waals surface area contributed by atoms with Crippen molar-refractivity contribution < 1.29 is 14.3 Å². The summed E-state index contributed by atoms with van der Waals surface area (Å²) in [6, 6.07) is 9.66. The van der Waals surface area contributed by atoms with Gasteiger partial charge in [-0.1, -0.05) is 18.2 Å². The minimum atomic E-state index is 0.0795. The molecule has 4 heteroatoms. The van der Waals surface area contributed by atoms with Gasteiger partial charge in [-0.05, 0) is 37.8 Å². The number of nitrogens with one attached hydrogen (secondary N) is 1. The van der Waals surface area contributed by atoms with E-state index in [1.165, 1.54) is 6.42 Å². The van der Waals surface area contributed by atoms with Crippen molar-refractivity contribution in [1.82, 2.24) is 5.32 Å². The average Bonchev–Trinajstić information content (AvgIpc) is 2.52. The summed E-state index contributed by atoms with van der Waals surface area (Å²) in [6.07, 6.45) is 4.82. The first kappa shape index (κ1) is 14.9. The molecule has 1 fully saturated rings. The summed E-state index contributed by atoms with van der Waals surface area (Å²) in [6.45, 7) is 2.03. The van der Waals surface area contributed by atoms with Crippen molar-refractivity contribution in [3.05, 3.63) is 30.3 Å². The molecule has 0 aliphatic carbocycles. The van der Waals surface area contributed by atoms with Crippen molar-refractivity contribution in [2.75, 3.05) is 19.8 Å². The Morgan fingerprint density at radius 1 is 1.30 bits per heavy atom. The van der Waals surface area contributed by atoms with Crippen LogP contribution < -0.4 is 10.1 Å². The molecule has 0 radical (unpaired) electrons. The predicted molar refractivity (Wildman–Crippen MR) is 77.8 cm³/mol. The molecule has 1 unspecified atom stereocenters. The summed E-state index contributed by atoms with van der Waals surface area (Å²) < 4.78 is 11.1. The van der Waals surface area contributed by atoms with Crippen LogP contribution in [0.5, 0.6) is 5.75 Å². The smallest absolute Gasteiger partial charge is 0.220 e. The Balaban J connectivity index is 1.51. The van der Waals surface area contributed by atoms with E-state index in [1.54, 1.807) is 0 Å². The van der Waals surface area contributed by atoms with Crippen molar-refractivity contribution in [2.24, 2.45) is 0 Å². The van der Waals surface area contributed by atoms with E-state index in [0.29, 0.717) is 19.6 Å². The van der Waals surface area contributed by atoms with Gasteiger partial charge in [0.05, 0.1) is 12.7 Å². The van der Waals surface area contributed by atoms with Crippen LogP contribution in [0.1, 0.15) is 32.1 Å². The summed E-state index contributed by atoms with van der Waals surface area (Å²) in [5.74, 6) is 0.930. The molecule has 1 aliphatic rings. The maximum atomic E-state index is 11.7. The van der Waals surface area contributed by atoms with Gasteiger partial charge in [0.25, 0.3) is 0 Å². The maximum absolute atomic E-state index is 11.7. The van der Waals surface area contributed by atoms with Crippen molar-refractivity contribution in [2.45, 2.75) is 38.2 Å². The quantitative estimate of drug-likeness (QED) is 0.779. The largest absolute Gasteiger partial charge is 0.494 e. The lowest BCUT2D eigenvalue weighted by atomic mass is 10.1. The lowest BCUT2D eigenvalue weighted by Gasteiger charge is -2.22. The highest BCUT2D eigenvalue weighted by Gasteiger charge is 2.14. The molecule has 4 nitrogen and oxygen atoms in total. The Morgan fingerprint density at radius 3 is 2.90 bits per heavy atom. The fourth-order valence-electron chi connectivity index (χ4n) is 2.22. The zero-order valence-electron chi connectivity index (χ0n) is 11.8. The van der Waals surface area contributed by atoms with Gasteiger partial charge in [-0.25, -0.2) is 0 Å². The second-order valence-corrected chi connectivity index (χ2v) is 5.06. The third-order valence-corrected chi connectivity index (χ3v) is 3.36. The molecular weight excluding hydrogens is 254 g/mol. The van der Waals surface area contributed by atoms with Crippen LogP contribution in [0.2, 0.25) is 0 Å². The fraction of sp³-hybridized carbons (Fsp3) is 0.562. The SMILES string of the molecule is O=C(CCCOc1ccccc1)NCC1CCCCO1. The Kier molecular flexibility index (Phi) is 6.38. The molecule has 1 heterocycles. The van der Waals surface area contributed by atoms with Crippen LogP contribution in [-0.4, -0.2) is 31.8 Å². The number of benzene rings is 1. The van der Waals surface area contributed by atoms with Gasteiger partial charge in [-0.2, -0.15) is 0 Å². The molecule has 1 amide bonds. The topological polar surface area (TPSA) is 47.6 Å². The van der Waals surface area contributed by atoms with Crippen molar-refractivity contribution in [3.63, 3.8) is 0 Å². The first-order valence-corrected chi connectivity index (χ1v) is 7.41. The summed E-state index contributed by atoms with van der Waals surface area (Å²) >= 11 is 0. The highest BCUT2D eigenvalue weighted by Crippen LogP contribution is 2.12. The van der Waals surface area contributed by atoms with Gasteiger partial charge in [0.1, 0.15) is 5.75 Å². The monoisotopic (exact) mass is 277 g/mol. The molecule has 1 N–H and O–H groups in total. The van der Waals surface area contributed by atoms with Crippen molar-refractivity contribution in [3.8, 4) is 5.75 Å². The van der Waals surface area contributed by atoms with Crippen LogP contribution in [-0.2, 0) is 9.53 Å². The van der Waals surface area contributed by atoms with Crippen LogP contribution in [0.25, 0.3) is 0 Å². The Hall–Kier alpha value is -1.55. The van der Waals surface area contributed by atoms with E-state index >= 15 is 0 Å². The molecule has 1 aliphatic heterocycles. The number of carbonyl (C=O) groups is 1. The molecule has 0 saturated carbocycles. The summed E-state index contributed by atoms with van der Waals surface area (Å²) in [5, 5.41) is 2.93. The molecule has 1 aromatic carbocycles. The van der Waals surface area contributed by atoms with Crippen molar-refractivity contribution >= 4 is 5.91 Å². The molecule has 2 rings (SSSR count). The lowest BCUT2D eigenvalue weighted by Crippen LogP contribution is -2.35. The normalized spacial score (nSPS) is 18.5. The number of rotatable bonds is 7. The van der Waals surface area contributed by atoms with Gasteiger partial charge >= 0.3 is 0 Å². The molecule has 0 aromatic heterocycles. The average molecular weight is 277 g/mol. The zero-order chi connectivity index (χ0) is 14.0. The molecule has 1 saturated heterocycles. The summed E-state index contributed by atoms with van der Waals surface area (Å²) in [5.41, 5.74) is 0. The first-order chi connectivity index (χ1) is 9.84. The predicted octanol–water partition coefficient (Wildman–Crippen LogP) is 2.53. The van der Waals surface area contributed by atoms with E-state index in [2.05, 4.69) is 5.32 Å². The minimum absolute atomic E-state index is 0.0795. The van der Waals surface area contributed by atoms with E-state index in [9.17, 15) is 4.79 Å². The summed E-state index contributed by atoms with van der Waals surface area (Å²) in [4.78, 5) is 11.7. The Labute approximate surface area is 120 Å². The van der Waals surface area contributed by atoms with E-state index in [1.807, 2.05) is 30.3 Å². The van der Waals surface area contributed by atoms with Gasteiger partial charge in [0, 0.05) is 19.6 Å². The molecule has 1 atom stereocenters. The van der Waals surface area contributed by atoms with E-state index < -0.39 is 0 Å². The molecule has 20 heavy (non-hydrogen) atoms. The zero-order valence-corrected chi connectivity index (χ0v) is 11.8. The van der Waals surface area contributed by atoms with Gasteiger partial charge in [-0.3, -0.25) is 4.79 Å². The second kappa shape index (κ2) is 8.59. The Bertz CT molecular complexity index is 388. The van der Waals surface area contributed by atoms with Crippen LogP contribution in [0.3, 0.4) is 0 Å². The third-order valence-electron chi connectivity index (χ3n) is 3.36. The number of hydrogen-bond donors (Lipinski definition) is 1. The van der Waals surface area contributed by atoms with E-state index in [4.69, 9.17) is 9.47 Å². The minimum Gasteiger partial charge on any atom is -0.494 e. The highest BCUT2D eigenvalue weighted by atomic mass is 16.5. The molecular formula is C16H23NO3. The maximum Gasteiger partial charge on any atom is 0.220 e. The van der Waals surface area contributed by atoms with Crippen LogP contribution in [0.15, 0.2) is 30.3 Å². The number of ether oxygens (including phenoxy) is 2.